The van der Waals surface area contributed by atoms with E-state index in [9.17, 15) is 13.5 Å². The van der Waals surface area contributed by atoms with Crippen LogP contribution in [0.3, 0.4) is 0 Å². The van der Waals surface area contributed by atoms with Gasteiger partial charge in [0.1, 0.15) is 0 Å². The highest BCUT2D eigenvalue weighted by molar-refractivity contribution is 7.88. The second kappa shape index (κ2) is 7.61. The predicted octanol–water partition coefficient (Wildman–Crippen LogP) is 2.82. The Morgan fingerprint density at radius 2 is 1.95 bits per heavy atom. The molecule has 0 saturated heterocycles. The zero-order valence-electron chi connectivity index (χ0n) is 11.4. The number of aliphatic hydroxyl groups excluding tert-OH is 1. The van der Waals surface area contributed by atoms with Crippen molar-refractivity contribution in [3.8, 4) is 0 Å². The minimum Gasteiger partial charge on any atom is -0.391 e. The van der Waals surface area contributed by atoms with Crippen molar-refractivity contribution >= 4 is 33.2 Å². The summed E-state index contributed by atoms with van der Waals surface area (Å²) >= 11 is 11.6. The van der Waals surface area contributed by atoms with E-state index >= 15 is 0 Å². The Labute approximate surface area is 130 Å². The number of hydrogen-bond acceptors (Lipinski definition) is 3. The lowest BCUT2D eigenvalue weighted by Crippen LogP contribution is -2.35. The molecule has 2 N–H and O–H groups in total. The molecule has 1 aromatic rings. The first-order valence-corrected chi connectivity index (χ1v) is 8.75. The van der Waals surface area contributed by atoms with Crippen molar-refractivity contribution in [3.05, 3.63) is 33.8 Å². The summed E-state index contributed by atoms with van der Waals surface area (Å²) < 4.78 is 26.2. The van der Waals surface area contributed by atoms with E-state index in [4.69, 9.17) is 23.2 Å². The normalized spacial score (nSPS) is 15.1. The summed E-state index contributed by atoms with van der Waals surface area (Å²) in [4.78, 5) is 0. The largest absolute Gasteiger partial charge is 0.391 e. The summed E-state index contributed by atoms with van der Waals surface area (Å²) in [6, 6.07) is 4.69. The third-order valence-corrected chi connectivity index (χ3v) is 5.21. The van der Waals surface area contributed by atoms with Gasteiger partial charge in [0.05, 0.1) is 21.9 Å². The molecule has 0 amide bonds. The number of rotatable bonds is 7. The maximum absolute atomic E-state index is 11.9. The Balaban J connectivity index is 2.63. The van der Waals surface area contributed by atoms with E-state index in [2.05, 4.69) is 4.72 Å². The van der Waals surface area contributed by atoms with Crippen LogP contribution in [0.5, 0.6) is 0 Å². The van der Waals surface area contributed by atoms with E-state index in [1.807, 2.05) is 13.8 Å². The van der Waals surface area contributed by atoms with Crippen LogP contribution >= 0.6 is 23.2 Å². The van der Waals surface area contributed by atoms with Crippen molar-refractivity contribution in [1.29, 1.82) is 0 Å². The maximum Gasteiger partial charge on any atom is 0.215 e. The Bertz CT molecular complexity index is 549. The zero-order chi connectivity index (χ0) is 15.3. The fourth-order valence-electron chi connectivity index (χ4n) is 1.59. The molecular weight excluding hydrogens is 321 g/mol. The first-order chi connectivity index (χ1) is 9.25. The second-order valence-corrected chi connectivity index (χ2v) is 7.43. The third-order valence-electron chi connectivity index (χ3n) is 3.15. The van der Waals surface area contributed by atoms with Gasteiger partial charge in [0.15, 0.2) is 0 Å². The molecule has 4 nitrogen and oxygen atoms in total. The van der Waals surface area contributed by atoms with E-state index in [0.29, 0.717) is 15.6 Å². The molecule has 0 aliphatic carbocycles. The minimum absolute atomic E-state index is 0.0126. The molecule has 0 saturated carbocycles. The van der Waals surface area contributed by atoms with Crippen molar-refractivity contribution in [2.75, 3.05) is 6.54 Å². The number of halogens is 2. The van der Waals surface area contributed by atoms with Crippen LogP contribution in [-0.2, 0) is 15.8 Å². The first kappa shape index (κ1) is 17.7. The van der Waals surface area contributed by atoms with Gasteiger partial charge >= 0.3 is 0 Å². The molecule has 114 valence electrons. The van der Waals surface area contributed by atoms with E-state index in [-0.39, 0.29) is 18.2 Å². The van der Waals surface area contributed by atoms with Crippen LogP contribution in [-0.4, -0.2) is 26.2 Å². The molecule has 0 aromatic heterocycles. The topological polar surface area (TPSA) is 66.4 Å². The van der Waals surface area contributed by atoms with E-state index < -0.39 is 16.1 Å². The number of benzene rings is 1. The monoisotopic (exact) mass is 339 g/mol. The summed E-state index contributed by atoms with van der Waals surface area (Å²) in [5, 5.41) is 10.5. The van der Waals surface area contributed by atoms with Crippen molar-refractivity contribution in [2.45, 2.75) is 32.1 Å². The van der Waals surface area contributed by atoms with E-state index in [1.54, 1.807) is 12.1 Å². The third kappa shape index (κ3) is 5.58. The van der Waals surface area contributed by atoms with Gasteiger partial charge in [-0.1, -0.05) is 49.5 Å². The summed E-state index contributed by atoms with van der Waals surface area (Å²) in [6.07, 6.45) is 0.0963. The van der Waals surface area contributed by atoms with Gasteiger partial charge in [-0.2, -0.15) is 0 Å². The summed E-state index contributed by atoms with van der Waals surface area (Å²) in [7, 11) is -3.51. The highest BCUT2D eigenvalue weighted by atomic mass is 35.5. The number of hydrogen-bond donors (Lipinski definition) is 2. The van der Waals surface area contributed by atoms with Crippen LogP contribution in [0.15, 0.2) is 18.2 Å². The van der Waals surface area contributed by atoms with Crippen LogP contribution in [0.2, 0.25) is 10.0 Å². The molecule has 0 bridgehead atoms. The van der Waals surface area contributed by atoms with Crippen LogP contribution in [0.1, 0.15) is 25.8 Å². The summed E-state index contributed by atoms with van der Waals surface area (Å²) in [6.45, 7) is 3.83. The molecule has 0 aliphatic heterocycles. The Morgan fingerprint density at radius 3 is 2.50 bits per heavy atom. The Kier molecular flexibility index (Phi) is 6.75. The van der Waals surface area contributed by atoms with E-state index in [1.165, 1.54) is 6.07 Å². The van der Waals surface area contributed by atoms with Crippen LogP contribution < -0.4 is 4.72 Å². The highest BCUT2D eigenvalue weighted by Crippen LogP contribution is 2.23. The quantitative estimate of drug-likeness (QED) is 0.802. The molecule has 0 radical (unpaired) electrons. The fourth-order valence-corrected chi connectivity index (χ4v) is 3.05. The number of sulfonamides is 1. The Hall–Kier alpha value is -0.330. The predicted molar refractivity (Wildman–Crippen MR) is 82.6 cm³/mol. The standard InChI is InChI=1S/C13H19Cl2NO3S/c1-3-9(2)13(17)7-16-20(18,19)8-10-4-5-11(14)12(15)6-10/h4-6,9,13,16-17H,3,7-8H2,1-2H3. The summed E-state index contributed by atoms with van der Waals surface area (Å²) in [5.74, 6) is -0.153. The molecule has 0 spiro atoms. The Morgan fingerprint density at radius 1 is 1.30 bits per heavy atom. The second-order valence-electron chi connectivity index (χ2n) is 4.81. The molecule has 0 fully saturated rings. The van der Waals surface area contributed by atoms with Crippen molar-refractivity contribution in [3.63, 3.8) is 0 Å². The molecule has 2 atom stereocenters. The number of aliphatic hydroxyl groups is 1. The lowest BCUT2D eigenvalue weighted by molar-refractivity contribution is 0.118. The number of nitrogens with one attached hydrogen (secondary N) is 1. The first-order valence-electron chi connectivity index (χ1n) is 6.34. The van der Waals surface area contributed by atoms with Crippen LogP contribution in [0.25, 0.3) is 0 Å². The van der Waals surface area contributed by atoms with Crippen LogP contribution in [0, 0.1) is 5.92 Å². The van der Waals surface area contributed by atoms with Gasteiger partial charge in [-0.05, 0) is 23.6 Å². The molecule has 7 heteroatoms. The van der Waals surface area contributed by atoms with Crippen molar-refractivity contribution in [2.24, 2.45) is 5.92 Å². The van der Waals surface area contributed by atoms with Gasteiger partial charge in [0.25, 0.3) is 0 Å². The van der Waals surface area contributed by atoms with Crippen LogP contribution in [0.4, 0.5) is 0 Å². The van der Waals surface area contributed by atoms with Gasteiger partial charge < -0.3 is 5.11 Å². The minimum atomic E-state index is -3.51. The average Bonchev–Trinajstić information content (AvgIpc) is 2.39. The molecule has 0 aliphatic rings. The molecule has 1 rings (SSSR count). The molecule has 0 heterocycles. The van der Waals surface area contributed by atoms with Crippen molar-refractivity contribution in [1.82, 2.24) is 4.72 Å². The molecule has 1 aromatic carbocycles. The zero-order valence-corrected chi connectivity index (χ0v) is 13.8. The molecule has 2 unspecified atom stereocenters. The van der Waals surface area contributed by atoms with Gasteiger partial charge in [-0.15, -0.1) is 0 Å². The van der Waals surface area contributed by atoms with Gasteiger partial charge in [0, 0.05) is 6.54 Å². The smallest absolute Gasteiger partial charge is 0.215 e. The summed E-state index contributed by atoms with van der Waals surface area (Å²) in [5.41, 5.74) is 0.546. The molecule has 20 heavy (non-hydrogen) atoms. The SMILES string of the molecule is CCC(C)C(O)CNS(=O)(=O)Cc1ccc(Cl)c(Cl)c1. The van der Waals surface area contributed by atoms with Gasteiger partial charge in [-0.3, -0.25) is 0 Å². The fraction of sp³-hybridized carbons (Fsp3) is 0.538. The lowest BCUT2D eigenvalue weighted by Gasteiger charge is -2.17. The average molecular weight is 340 g/mol. The van der Waals surface area contributed by atoms with Crippen molar-refractivity contribution < 1.29 is 13.5 Å². The maximum atomic E-state index is 11.9. The van der Waals surface area contributed by atoms with E-state index in [0.717, 1.165) is 6.42 Å². The highest BCUT2D eigenvalue weighted by Gasteiger charge is 2.17. The van der Waals surface area contributed by atoms with Gasteiger partial charge in [-0.25, -0.2) is 13.1 Å². The lowest BCUT2D eigenvalue weighted by atomic mass is 10.0. The van der Waals surface area contributed by atoms with Gasteiger partial charge in [0.2, 0.25) is 10.0 Å². The molecular formula is C13H19Cl2NO3S.